The molecular formula is C16H22BrNO2. The van der Waals surface area contributed by atoms with Gasteiger partial charge < -0.3 is 9.64 Å². The molecule has 1 amide bonds. The zero-order chi connectivity index (χ0) is 14.9. The Morgan fingerprint density at radius 3 is 2.75 bits per heavy atom. The van der Waals surface area contributed by atoms with E-state index in [-0.39, 0.29) is 12.1 Å². The Hall–Kier alpha value is -1.03. The highest BCUT2D eigenvalue weighted by atomic mass is 79.9. The average molecular weight is 340 g/mol. The maximum Gasteiger partial charge on any atom is 0.410 e. The zero-order valence-corrected chi connectivity index (χ0v) is 14.2. The van der Waals surface area contributed by atoms with Gasteiger partial charge in [-0.05, 0) is 63.8 Å². The quantitative estimate of drug-likeness (QED) is 0.781. The Morgan fingerprint density at radius 2 is 2.15 bits per heavy atom. The van der Waals surface area contributed by atoms with Crippen LogP contribution in [-0.4, -0.2) is 23.1 Å². The van der Waals surface area contributed by atoms with Crippen LogP contribution in [0.4, 0.5) is 4.79 Å². The van der Waals surface area contributed by atoms with Crippen molar-refractivity contribution in [1.82, 2.24) is 4.90 Å². The molecule has 1 unspecified atom stereocenters. The Bertz CT molecular complexity index is 508. The van der Waals surface area contributed by atoms with Gasteiger partial charge in [-0.15, -0.1) is 0 Å². The molecule has 1 atom stereocenters. The van der Waals surface area contributed by atoms with Crippen LogP contribution in [0, 0.1) is 0 Å². The summed E-state index contributed by atoms with van der Waals surface area (Å²) in [6, 6.07) is 6.45. The van der Waals surface area contributed by atoms with Gasteiger partial charge in [-0.3, -0.25) is 0 Å². The Labute approximate surface area is 129 Å². The highest BCUT2D eigenvalue weighted by molar-refractivity contribution is 9.10. The second kappa shape index (κ2) is 5.76. The summed E-state index contributed by atoms with van der Waals surface area (Å²) in [7, 11) is 0. The van der Waals surface area contributed by atoms with Crippen LogP contribution < -0.4 is 0 Å². The first-order valence-corrected chi connectivity index (χ1v) is 7.89. The molecule has 1 aliphatic rings. The van der Waals surface area contributed by atoms with E-state index in [1.54, 1.807) is 0 Å². The van der Waals surface area contributed by atoms with E-state index in [9.17, 15) is 4.79 Å². The molecule has 1 aliphatic carbocycles. The number of nitrogens with zero attached hydrogens (tertiary/aromatic N) is 1. The molecule has 0 aromatic heterocycles. The Balaban J connectivity index is 2.23. The number of carbonyl (C=O) groups excluding carboxylic acids is 1. The predicted octanol–water partition coefficient (Wildman–Crippen LogP) is 4.69. The van der Waals surface area contributed by atoms with E-state index in [1.807, 2.05) is 32.6 Å². The molecule has 0 fully saturated rings. The van der Waals surface area contributed by atoms with Crippen molar-refractivity contribution in [3.63, 3.8) is 0 Å². The normalized spacial score (nSPS) is 17.8. The van der Waals surface area contributed by atoms with Gasteiger partial charge in [0.2, 0.25) is 0 Å². The molecule has 0 heterocycles. The van der Waals surface area contributed by atoms with E-state index in [1.165, 1.54) is 11.1 Å². The molecule has 0 aliphatic heterocycles. The van der Waals surface area contributed by atoms with Crippen LogP contribution in [0.15, 0.2) is 22.7 Å². The minimum atomic E-state index is -0.455. The van der Waals surface area contributed by atoms with Crippen molar-refractivity contribution < 1.29 is 9.53 Å². The fourth-order valence-corrected chi connectivity index (χ4v) is 3.05. The Kier molecular flexibility index (Phi) is 4.43. The number of hydrogen-bond donors (Lipinski definition) is 0. The number of amides is 1. The first-order chi connectivity index (χ1) is 9.31. The number of rotatable bonds is 2. The van der Waals surface area contributed by atoms with Crippen LogP contribution in [0.5, 0.6) is 0 Å². The van der Waals surface area contributed by atoms with Gasteiger partial charge in [0.25, 0.3) is 0 Å². The molecule has 0 N–H and O–H groups in total. The molecule has 1 aromatic rings. The van der Waals surface area contributed by atoms with E-state index in [0.29, 0.717) is 6.54 Å². The van der Waals surface area contributed by atoms with E-state index in [4.69, 9.17) is 4.74 Å². The summed E-state index contributed by atoms with van der Waals surface area (Å²) >= 11 is 3.51. The minimum Gasteiger partial charge on any atom is -0.444 e. The molecule has 0 spiro atoms. The number of aryl methyl sites for hydroxylation is 1. The Morgan fingerprint density at radius 1 is 1.45 bits per heavy atom. The number of benzene rings is 1. The summed E-state index contributed by atoms with van der Waals surface area (Å²) in [5.41, 5.74) is 2.12. The van der Waals surface area contributed by atoms with Gasteiger partial charge in [-0.2, -0.15) is 0 Å². The van der Waals surface area contributed by atoms with Gasteiger partial charge in [0.05, 0.1) is 6.04 Å². The highest BCUT2D eigenvalue weighted by Gasteiger charge is 2.32. The van der Waals surface area contributed by atoms with Crippen molar-refractivity contribution >= 4 is 22.0 Å². The SMILES string of the molecule is CCN(C(=O)OC(C)(C)C)C1CCc2ccc(Br)cc21. The third-order valence-electron chi connectivity index (χ3n) is 3.50. The van der Waals surface area contributed by atoms with Crippen molar-refractivity contribution in [1.29, 1.82) is 0 Å². The van der Waals surface area contributed by atoms with Crippen molar-refractivity contribution in [2.24, 2.45) is 0 Å². The van der Waals surface area contributed by atoms with Crippen LogP contribution in [-0.2, 0) is 11.2 Å². The number of carbonyl (C=O) groups is 1. The van der Waals surface area contributed by atoms with Gasteiger partial charge in [-0.1, -0.05) is 22.0 Å². The van der Waals surface area contributed by atoms with Crippen LogP contribution in [0.1, 0.15) is 51.3 Å². The summed E-state index contributed by atoms with van der Waals surface area (Å²) in [6.45, 7) is 8.36. The van der Waals surface area contributed by atoms with Crippen molar-refractivity contribution in [2.45, 2.75) is 52.2 Å². The van der Waals surface area contributed by atoms with Crippen LogP contribution in [0.2, 0.25) is 0 Å². The lowest BCUT2D eigenvalue weighted by atomic mass is 10.1. The van der Waals surface area contributed by atoms with Gasteiger partial charge in [0.1, 0.15) is 5.60 Å². The standard InChI is InChI=1S/C16H22BrNO2/c1-5-18(15(19)20-16(2,3)4)14-9-7-11-6-8-12(17)10-13(11)14/h6,8,10,14H,5,7,9H2,1-4H3. The van der Waals surface area contributed by atoms with Gasteiger partial charge in [-0.25, -0.2) is 4.79 Å². The third-order valence-corrected chi connectivity index (χ3v) is 3.99. The fraction of sp³-hybridized carbons (Fsp3) is 0.562. The van der Waals surface area contributed by atoms with Crippen LogP contribution in [0.3, 0.4) is 0 Å². The number of fused-ring (bicyclic) bond motifs is 1. The zero-order valence-electron chi connectivity index (χ0n) is 12.6. The second-order valence-electron chi connectivity index (χ2n) is 6.16. The molecule has 0 bridgehead atoms. The summed E-state index contributed by atoms with van der Waals surface area (Å²) in [5, 5.41) is 0. The summed E-state index contributed by atoms with van der Waals surface area (Å²) < 4.78 is 6.58. The van der Waals surface area contributed by atoms with E-state index in [2.05, 4.69) is 34.1 Å². The number of hydrogen-bond acceptors (Lipinski definition) is 2. The molecule has 0 saturated carbocycles. The van der Waals surface area contributed by atoms with Crippen molar-refractivity contribution in [2.75, 3.05) is 6.54 Å². The molecule has 20 heavy (non-hydrogen) atoms. The predicted molar refractivity (Wildman–Crippen MR) is 83.8 cm³/mol. The molecule has 0 saturated heterocycles. The molecular weight excluding hydrogens is 318 g/mol. The highest BCUT2D eigenvalue weighted by Crippen LogP contribution is 2.37. The minimum absolute atomic E-state index is 0.127. The smallest absolute Gasteiger partial charge is 0.410 e. The number of halogens is 1. The monoisotopic (exact) mass is 339 g/mol. The molecule has 1 aromatic carbocycles. The third kappa shape index (κ3) is 3.35. The van der Waals surface area contributed by atoms with Crippen molar-refractivity contribution in [3.8, 4) is 0 Å². The van der Waals surface area contributed by atoms with Gasteiger partial charge >= 0.3 is 6.09 Å². The summed E-state index contributed by atoms with van der Waals surface area (Å²) in [6.07, 6.45) is 1.77. The molecule has 110 valence electrons. The maximum atomic E-state index is 12.4. The van der Waals surface area contributed by atoms with Gasteiger partial charge in [0.15, 0.2) is 0 Å². The topological polar surface area (TPSA) is 29.5 Å². The van der Waals surface area contributed by atoms with Crippen LogP contribution >= 0.6 is 15.9 Å². The second-order valence-corrected chi connectivity index (χ2v) is 7.08. The van der Waals surface area contributed by atoms with Gasteiger partial charge in [0, 0.05) is 11.0 Å². The lowest BCUT2D eigenvalue weighted by molar-refractivity contribution is 0.0171. The summed E-state index contributed by atoms with van der Waals surface area (Å²) in [4.78, 5) is 14.2. The van der Waals surface area contributed by atoms with E-state index in [0.717, 1.165) is 17.3 Å². The maximum absolute atomic E-state index is 12.4. The van der Waals surface area contributed by atoms with Crippen LogP contribution in [0.25, 0.3) is 0 Å². The largest absolute Gasteiger partial charge is 0.444 e. The molecule has 4 heteroatoms. The lowest BCUT2D eigenvalue weighted by Gasteiger charge is -2.31. The van der Waals surface area contributed by atoms with E-state index < -0.39 is 5.60 Å². The molecule has 0 radical (unpaired) electrons. The molecule has 2 rings (SSSR count). The number of ether oxygens (including phenoxy) is 1. The van der Waals surface area contributed by atoms with E-state index >= 15 is 0 Å². The average Bonchev–Trinajstić information content (AvgIpc) is 2.71. The lowest BCUT2D eigenvalue weighted by Crippen LogP contribution is -2.38. The molecule has 3 nitrogen and oxygen atoms in total. The first-order valence-electron chi connectivity index (χ1n) is 7.10. The summed E-state index contributed by atoms with van der Waals surface area (Å²) in [5.74, 6) is 0. The van der Waals surface area contributed by atoms with Crippen molar-refractivity contribution in [3.05, 3.63) is 33.8 Å². The fourth-order valence-electron chi connectivity index (χ4n) is 2.67. The first kappa shape index (κ1) is 15.4.